The number of rotatable bonds is 3. The van der Waals surface area contributed by atoms with Gasteiger partial charge in [-0.1, -0.05) is 30.3 Å². The van der Waals surface area contributed by atoms with Crippen molar-refractivity contribution in [1.82, 2.24) is 10.2 Å². The summed E-state index contributed by atoms with van der Waals surface area (Å²) in [5.74, 6) is 0.514. The minimum Gasteiger partial charge on any atom is -0.475 e. The summed E-state index contributed by atoms with van der Waals surface area (Å²) < 4.78 is 5.65. The molecule has 0 radical (unpaired) electrons. The number of aliphatic hydroxyl groups excluding tert-OH is 1. The Hall–Kier alpha value is -2.27. The van der Waals surface area contributed by atoms with E-state index in [1.807, 2.05) is 44.2 Å². The number of aliphatic hydroxyl groups is 1. The maximum absolute atomic E-state index is 10.6. The number of aromatic nitrogens is 2. The Balaban J connectivity index is 2.01. The number of ether oxygens (including phenoxy) is 1. The fourth-order valence-electron chi connectivity index (χ4n) is 2.26. The van der Waals surface area contributed by atoms with Crippen molar-refractivity contribution in [2.24, 2.45) is 4.99 Å². The summed E-state index contributed by atoms with van der Waals surface area (Å²) in [5, 5.41) is 18.4. The first-order valence-corrected chi connectivity index (χ1v) is 6.83. The van der Waals surface area contributed by atoms with Gasteiger partial charge in [-0.05, 0) is 19.4 Å². The summed E-state index contributed by atoms with van der Waals surface area (Å²) in [6.45, 7) is 4.52. The van der Waals surface area contributed by atoms with Crippen molar-refractivity contribution in [1.29, 1.82) is 0 Å². The van der Waals surface area contributed by atoms with E-state index >= 15 is 0 Å². The van der Waals surface area contributed by atoms with Crippen molar-refractivity contribution in [3.63, 3.8) is 0 Å². The first-order chi connectivity index (χ1) is 10.1. The van der Waals surface area contributed by atoms with E-state index in [4.69, 9.17) is 4.74 Å². The maximum Gasteiger partial charge on any atom is 0.218 e. The van der Waals surface area contributed by atoms with Crippen molar-refractivity contribution < 1.29 is 9.84 Å². The molecule has 1 N–H and O–H groups in total. The Bertz CT molecular complexity index is 668. The summed E-state index contributed by atoms with van der Waals surface area (Å²) in [5.41, 5.74) is 1.87. The van der Waals surface area contributed by atoms with Crippen LogP contribution in [0.1, 0.15) is 36.6 Å². The van der Waals surface area contributed by atoms with Gasteiger partial charge >= 0.3 is 0 Å². The second-order valence-electron chi connectivity index (χ2n) is 5.69. The number of aliphatic imine (C=N–C) groups is 1. The summed E-state index contributed by atoms with van der Waals surface area (Å²) in [6, 6.07) is 9.43. The molecule has 3 rings (SSSR count). The van der Waals surface area contributed by atoms with Crippen LogP contribution in [-0.2, 0) is 4.74 Å². The van der Waals surface area contributed by atoms with Crippen molar-refractivity contribution in [2.75, 3.05) is 6.61 Å². The minimum atomic E-state index is -0.785. The monoisotopic (exact) mass is 283 g/mol. The van der Waals surface area contributed by atoms with Gasteiger partial charge in [0.15, 0.2) is 0 Å². The molecule has 1 aliphatic heterocycles. The number of nitrogens with zero attached hydrogens (tertiary/aromatic N) is 3. The molecule has 0 saturated heterocycles. The Morgan fingerprint density at radius 1 is 1.14 bits per heavy atom. The van der Waals surface area contributed by atoms with Crippen molar-refractivity contribution >= 4 is 5.90 Å². The van der Waals surface area contributed by atoms with Gasteiger partial charge in [-0.15, -0.1) is 0 Å². The molecule has 2 heterocycles. The van der Waals surface area contributed by atoms with E-state index in [-0.39, 0.29) is 5.54 Å². The lowest BCUT2D eigenvalue weighted by Gasteiger charge is -2.14. The Kier molecular flexibility index (Phi) is 3.43. The van der Waals surface area contributed by atoms with Crippen molar-refractivity contribution in [3.05, 3.63) is 59.4 Å². The van der Waals surface area contributed by atoms with E-state index < -0.39 is 6.10 Å². The highest BCUT2D eigenvalue weighted by Crippen LogP contribution is 2.27. The molecular weight excluding hydrogens is 266 g/mol. The molecule has 0 spiro atoms. The topological polar surface area (TPSA) is 67.6 Å². The lowest BCUT2D eigenvalue weighted by atomic mass is 9.99. The number of hydrogen-bond acceptors (Lipinski definition) is 5. The van der Waals surface area contributed by atoms with Crippen molar-refractivity contribution in [2.45, 2.75) is 25.5 Å². The molecule has 0 saturated carbocycles. The summed E-state index contributed by atoms with van der Waals surface area (Å²) in [4.78, 5) is 4.54. The summed E-state index contributed by atoms with van der Waals surface area (Å²) in [6.07, 6.45) is 2.36. The average molecular weight is 283 g/mol. The van der Waals surface area contributed by atoms with Crippen LogP contribution in [0.2, 0.25) is 0 Å². The SMILES string of the molecule is CC1(C)COC(c2cnncc2C(O)c2ccccc2)=N1. The maximum atomic E-state index is 10.6. The molecule has 0 aliphatic carbocycles. The van der Waals surface area contributed by atoms with E-state index in [1.165, 1.54) is 0 Å². The summed E-state index contributed by atoms with van der Waals surface area (Å²) in [7, 11) is 0. The quantitative estimate of drug-likeness (QED) is 0.937. The molecule has 5 nitrogen and oxygen atoms in total. The molecule has 21 heavy (non-hydrogen) atoms. The van der Waals surface area contributed by atoms with Gasteiger partial charge in [0.2, 0.25) is 5.90 Å². The Labute approximate surface area is 123 Å². The van der Waals surface area contributed by atoms with E-state index in [2.05, 4.69) is 15.2 Å². The molecular formula is C16H17N3O2. The highest BCUT2D eigenvalue weighted by Gasteiger charge is 2.29. The molecule has 5 heteroatoms. The number of hydrogen-bond donors (Lipinski definition) is 1. The van der Waals surface area contributed by atoms with Gasteiger partial charge in [0.1, 0.15) is 12.7 Å². The van der Waals surface area contributed by atoms with Crippen LogP contribution >= 0.6 is 0 Å². The van der Waals surface area contributed by atoms with Crippen LogP contribution in [0.5, 0.6) is 0 Å². The van der Waals surface area contributed by atoms with Gasteiger partial charge in [-0.25, -0.2) is 4.99 Å². The normalized spacial score (nSPS) is 18.0. The predicted molar refractivity (Wildman–Crippen MR) is 79.1 cm³/mol. The molecule has 1 unspecified atom stereocenters. The van der Waals surface area contributed by atoms with E-state index in [1.54, 1.807) is 12.4 Å². The number of benzene rings is 1. The Morgan fingerprint density at radius 3 is 2.52 bits per heavy atom. The molecule has 2 aromatic rings. The molecule has 0 bridgehead atoms. The fraction of sp³-hybridized carbons (Fsp3) is 0.312. The van der Waals surface area contributed by atoms with Crippen LogP contribution in [0.3, 0.4) is 0 Å². The van der Waals surface area contributed by atoms with Crippen molar-refractivity contribution in [3.8, 4) is 0 Å². The molecule has 108 valence electrons. The van der Waals surface area contributed by atoms with Gasteiger partial charge in [0, 0.05) is 5.56 Å². The third-order valence-corrected chi connectivity index (χ3v) is 3.37. The first kappa shape index (κ1) is 13.7. The highest BCUT2D eigenvalue weighted by molar-refractivity contribution is 5.96. The smallest absolute Gasteiger partial charge is 0.218 e. The third kappa shape index (κ3) is 2.78. The zero-order chi connectivity index (χ0) is 14.9. The predicted octanol–water partition coefficient (Wildman–Crippen LogP) is 2.11. The minimum absolute atomic E-state index is 0.256. The van der Waals surface area contributed by atoms with E-state index in [0.29, 0.717) is 23.6 Å². The Morgan fingerprint density at radius 2 is 1.86 bits per heavy atom. The highest BCUT2D eigenvalue weighted by atomic mass is 16.5. The second-order valence-corrected chi connectivity index (χ2v) is 5.69. The average Bonchev–Trinajstić information content (AvgIpc) is 2.87. The molecule has 1 aromatic carbocycles. The lowest BCUT2D eigenvalue weighted by Crippen LogP contribution is -2.17. The second kappa shape index (κ2) is 5.26. The lowest BCUT2D eigenvalue weighted by molar-refractivity contribution is 0.218. The van der Waals surface area contributed by atoms with Gasteiger partial charge in [-0.3, -0.25) is 0 Å². The largest absolute Gasteiger partial charge is 0.475 e. The van der Waals surface area contributed by atoms with Gasteiger partial charge in [0.05, 0.1) is 23.5 Å². The van der Waals surface area contributed by atoms with Crippen LogP contribution in [0, 0.1) is 0 Å². The van der Waals surface area contributed by atoms with E-state index in [9.17, 15) is 5.11 Å². The van der Waals surface area contributed by atoms with Crippen LogP contribution in [0.15, 0.2) is 47.7 Å². The van der Waals surface area contributed by atoms with Crippen LogP contribution in [0.4, 0.5) is 0 Å². The molecule has 0 amide bonds. The molecule has 1 aromatic heterocycles. The standard InChI is InChI=1S/C16H17N3O2/c1-16(2)10-21-15(19-16)13-9-18-17-8-12(13)14(20)11-6-4-3-5-7-11/h3-9,14,20H,10H2,1-2H3. The zero-order valence-corrected chi connectivity index (χ0v) is 12.0. The first-order valence-electron chi connectivity index (χ1n) is 6.83. The van der Waals surface area contributed by atoms with Gasteiger partial charge in [-0.2, -0.15) is 10.2 Å². The van der Waals surface area contributed by atoms with Gasteiger partial charge < -0.3 is 9.84 Å². The van der Waals surface area contributed by atoms with E-state index in [0.717, 1.165) is 5.56 Å². The third-order valence-electron chi connectivity index (χ3n) is 3.37. The van der Waals surface area contributed by atoms with Crippen LogP contribution in [-0.4, -0.2) is 33.3 Å². The molecule has 0 fully saturated rings. The van der Waals surface area contributed by atoms with Crippen LogP contribution in [0.25, 0.3) is 0 Å². The molecule has 1 aliphatic rings. The van der Waals surface area contributed by atoms with Crippen LogP contribution < -0.4 is 0 Å². The summed E-state index contributed by atoms with van der Waals surface area (Å²) >= 11 is 0. The molecule has 1 atom stereocenters. The van der Waals surface area contributed by atoms with Gasteiger partial charge in [0.25, 0.3) is 0 Å². The fourth-order valence-corrected chi connectivity index (χ4v) is 2.26. The zero-order valence-electron chi connectivity index (χ0n) is 12.0.